The average Bonchev–Trinajstić information content (AvgIpc) is 2.46. The van der Waals surface area contributed by atoms with E-state index in [1.807, 2.05) is 6.92 Å². The molecule has 1 nitrogen and oxygen atoms in total. The highest BCUT2D eigenvalue weighted by Crippen LogP contribution is 2.20. The molecule has 2 rings (SSSR count). The minimum atomic E-state index is 1.08. The molecule has 0 radical (unpaired) electrons. The maximum atomic E-state index is 3.91. The summed E-state index contributed by atoms with van der Waals surface area (Å²) in [6, 6.07) is 8.54. The van der Waals surface area contributed by atoms with Crippen molar-refractivity contribution in [2.75, 3.05) is 0 Å². The number of hydrogen-bond donors (Lipinski definition) is 1. The van der Waals surface area contributed by atoms with Gasteiger partial charge in [-0.25, -0.2) is 0 Å². The Bertz CT molecular complexity index is 463. The van der Waals surface area contributed by atoms with Gasteiger partial charge in [0.15, 0.2) is 0 Å². The average molecular weight is 171 g/mol. The first-order valence-corrected chi connectivity index (χ1v) is 4.42. The van der Waals surface area contributed by atoms with Crippen LogP contribution in [0, 0.1) is 6.92 Å². The van der Waals surface area contributed by atoms with E-state index in [1.54, 1.807) is 0 Å². The number of aromatic amines is 1. The highest BCUT2D eigenvalue weighted by atomic mass is 14.7. The number of aryl methyl sites for hydroxylation is 1. The van der Waals surface area contributed by atoms with Crippen molar-refractivity contribution in [2.45, 2.75) is 13.8 Å². The molecule has 0 aliphatic heterocycles. The highest BCUT2D eigenvalue weighted by molar-refractivity contribution is 5.84. The first-order valence-electron chi connectivity index (χ1n) is 4.42. The maximum Gasteiger partial charge on any atom is 0.0458 e. The summed E-state index contributed by atoms with van der Waals surface area (Å²) in [5.74, 6) is 0. The zero-order valence-corrected chi connectivity index (χ0v) is 8.02. The molecule has 66 valence electrons. The van der Waals surface area contributed by atoms with Crippen LogP contribution in [0.15, 0.2) is 30.8 Å². The van der Waals surface area contributed by atoms with E-state index in [1.165, 1.54) is 16.5 Å². The summed E-state index contributed by atoms with van der Waals surface area (Å²) >= 11 is 0. The Balaban J connectivity index is 2.68. The summed E-state index contributed by atoms with van der Waals surface area (Å²) in [5, 5.41) is 1.26. The van der Waals surface area contributed by atoms with Crippen molar-refractivity contribution < 1.29 is 0 Å². The number of rotatable bonds is 1. The molecule has 0 unspecified atom stereocenters. The Kier molecular flexibility index (Phi) is 1.73. The molecule has 0 aliphatic rings. The van der Waals surface area contributed by atoms with Crippen LogP contribution in [0.1, 0.15) is 18.2 Å². The van der Waals surface area contributed by atoms with Crippen LogP contribution < -0.4 is 0 Å². The topological polar surface area (TPSA) is 15.8 Å². The smallest absolute Gasteiger partial charge is 0.0458 e. The second-order valence-electron chi connectivity index (χ2n) is 3.55. The van der Waals surface area contributed by atoms with Gasteiger partial charge in [-0.3, -0.25) is 0 Å². The van der Waals surface area contributed by atoms with Crippen LogP contribution in [0.3, 0.4) is 0 Å². The SMILES string of the molecule is C=C(C)c1cc2cc(C)ccc2[nH]1. The van der Waals surface area contributed by atoms with E-state index in [4.69, 9.17) is 0 Å². The molecule has 0 saturated carbocycles. The predicted molar refractivity (Wildman–Crippen MR) is 57.7 cm³/mol. The van der Waals surface area contributed by atoms with E-state index in [2.05, 4.69) is 42.8 Å². The summed E-state index contributed by atoms with van der Waals surface area (Å²) in [4.78, 5) is 3.32. The Morgan fingerprint density at radius 1 is 1.31 bits per heavy atom. The van der Waals surface area contributed by atoms with E-state index >= 15 is 0 Å². The van der Waals surface area contributed by atoms with Gasteiger partial charge < -0.3 is 4.98 Å². The fourth-order valence-electron chi connectivity index (χ4n) is 1.48. The quantitative estimate of drug-likeness (QED) is 0.675. The van der Waals surface area contributed by atoms with Gasteiger partial charge in [0.25, 0.3) is 0 Å². The molecular formula is C12H13N. The van der Waals surface area contributed by atoms with Crippen LogP contribution in [0.2, 0.25) is 0 Å². The van der Waals surface area contributed by atoms with Crippen LogP contribution in [-0.2, 0) is 0 Å². The van der Waals surface area contributed by atoms with Gasteiger partial charge in [0.2, 0.25) is 0 Å². The van der Waals surface area contributed by atoms with Gasteiger partial charge in [0.05, 0.1) is 0 Å². The molecule has 13 heavy (non-hydrogen) atoms. The number of allylic oxidation sites excluding steroid dienone is 1. The number of H-pyrrole nitrogens is 1. The third-order valence-electron chi connectivity index (χ3n) is 2.24. The molecule has 1 heterocycles. The molecule has 1 heteroatoms. The Hall–Kier alpha value is -1.50. The molecule has 0 atom stereocenters. The van der Waals surface area contributed by atoms with Gasteiger partial charge in [-0.1, -0.05) is 18.2 Å². The van der Waals surface area contributed by atoms with Gasteiger partial charge in [-0.15, -0.1) is 0 Å². The molecule has 1 N–H and O–H groups in total. The van der Waals surface area contributed by atoms with Gasteiger partial charge >= 0.3 is 0 Å². The van der Waals surface area contributed by atoms with Crippen molar-refractivity contribution in [3.63, 3.8) is 0 Å². The molecule has 2 aromatic rings. The predicted octanol–water partition coefficient (Wildman–Crippen LogP) is 3.51. The van der Waals surface area contributed by atoms with Crippen molar-refractivity contribution in [3.8, 4) is 0 Å². The lowest BCUT2D eigenvalue weighted by Crippen LogP contribution is -1.74. The minimum absolute atomic E-state index is 1.08. The van der Waals surface area contributed by atoms with Crippen LogP contribution in [0.5, 0.6) is 0 Å². The van der Waals surface area contributed by atoms with Crippen LogP contribution in [-0.4, -0.2) is 4.98 Å². The lowest BCUT2D eigenvalue weighted by atomic mass is 10.2. The first-order chi connectivity index (χ1) is 6.16. The second kappa shape index (κ2) is 2.77. The molecule has 0 spiro atoms. The third kappa shape index (κ3) is 1.37. The number of nitrogens with one attached hydrogen (secondary N) is 1. The van der Waals surface area contributed by atoms with E-state index in [0.29, 0.717) is 0 Å². The summed E-state index contributed by atoms with van der Waals surface area (Å²) in [7, 11) is 0. The summed E-state index contributed by atoms with van der Waals surface area (Å²) < 4.78 is 0. The minimum Gasteiger partial charge on any atom is -0.355 e. The molecule has 1 aromatic heterocycles. The Morgan fingerprint density at radius 2 is 2.08 bits per heavy atom. The van der Waals surface area contributed by atoms with Crippen LogP contribution >= 0.6 is 0 Å². The zero-order valence-electron chi connectivity index (χ0n) is 8.02. The number of aromatic nitrogens is 1. The summed E-state index contributed by atoms with van der Waals surface area (Å²) in [6.45, 7) is 8.03. The Labute approximate surface area is 78.1 Å². The van der Waals surface area contributed by atoms with Crippen molar-refractivity contribution >= 4 is 16.5 Å². The van der Waals surface area contributed by atoms with Gasteiger partial charge in [0.1, 0.15) is 0 Å². The fourth-order valence-corrected chi connectivity index (χ4v) is 1.48. The number of hydrogen-bond acceptors (Lipinski definition) is 0. The van der Waals surface area contributed by atoms with Crippen molar-refractivity contribution in [1.82, 2.24) is 4.98 Å². The second-order valence-corrected chi connectivity index (χ2v) is 3.55. The summed E-state index contributed by atoms with van der Waals surface area (Å²) in [5.41, 5.74) is 4.68. The summed E-state index contributed by atoms with van der Waals surface area (Å²) in [6.07, 6.45) is 0. The van der Waals surface area contributed by atoms with Crippen molar-refractivity contribution in [2.24, 2.45) is 0 Å². The van der Waals surface area contributed by atoms with E-state index in [-0.39, 0.29) is 0 Å². The van der Waals surface area contributed by atoms with Crippen molar-refractivity contribution in [1.29, 1.82) is 0 Å². The Morgan fingerprint density at radius 3 is 2.77 bits per heavy atom. The van der Waals surface area contributed by atoms with Gasteiger partial charge in [-0.05, 0) is 37.6 Å². The third-order valence-corrected chi connectivity index (χ3v) is 2.24. The van der Waals surface area contributed by atoms with E-state index < -0.39 is 0 Å². The monoisotopic (exact) mass is 171 g/mol. The molecule has 0 aliphatic carbocycles. The molecule has 0 fully saturated rings. The van der Waals surface area contributed by atoms with Gasteiger partial charge in [-0.2, -0.15) is 0 Å². The standard InChI is InChI=1S/C12H13N/c1-8(2)12-7-10-6-9(3)4-5-11(10)13-12/h4-7,13H,1H2,2-3H3. The van der Waals surface area contributed by atoms with Gasteiger partial charge in [0, 0.05) is 16.6 Å². The largest absolute Gasteiger partial charge is 0.355 e. The van der Waals surface area contributed by atoms with Crippen molar-refractivity contribution in [3.05, 3.63) is 42.1 Å². The normalized spacial score (nSPS) is 10.6. The lowest BCUT2D eigenvalue weighted by Gasteiger charge is -1.91. The zero-order chi connectivity index (χ0) is 9.42. The number of benzene rings is 1. The fraction of sp³-hybridized carbons (Fsp3) is 0.167. The lowest BCUT2D eigenvalue weighted by molar-refractivity contribution is 1.39. The maximum absolute atomic E-state index is 3.91. The van der Waals surface area contributed by atoms with Crippen LogP contribution in [0.4, 0.5) is 0 Å². The van der Waals surface area contributed by atoms with E-state index in [0.717, 1.165) is 11.3 Å². The molecular weight excluding hydrogens is 158 g/mol. The molecule has 0 amide bonds. The highest BCUT2D eigenvalue weighted by Gasteiger charge is 2.00. The number of fused-ring (bicyclic) bond motifs is 1. The molecule has 1 aromatic carbocycles. The molecule has 0 saturated heterocycles. The van der Waals surface area contributed by atoms with E-state index in [9.17, 15) is 0 Å². The first kappa shape index (κ1) is 8.11. The van der Waals surface area contributed by atoms with Crippen LogP contribution in [0.25, 0.3) is 16.5 Å². The molecule has 0 bridgehead atoms.